The number of H-pyrrole nitrogens is 1. The Balaban J connectivity index is 1.65. The first-order valence-corrected chi connectivity index (χ1v) is 10.6. The fourth-order valence-corrected chi connectivity index (χ4v) is 3.98. The van der Waals surface area contributed by atoms with E-state index < -0.39 is 0 Å². The van der Waals surface area contributed by atoms with Crippen molar-refractivity contribution in [3.63, 3.8) is 0 Å². The van der Waals surface area contributed by atoms with Gasteiger partial charge in [-0.15, -0.1) is 0 Å². The number of ether oxygens (including phenoxy) is 2. The van der Waals surface area contributed by atoms with Crippen LogP contribution in [-0.4, -0.2) is 36.6 Å². The van der Waals surface area contributed by atoms with Gasteiger partial charge in [0, 0.05) is 29.7 Å². The van der Waals surface area contributed by atoms with E-state index in [1.807, 2.05) is 87.8 Å². The van der Waals surface area contributed by atoms with E-state index in [9.17, 15) is 4.79 Å². The number of amides is 1. The van der Waals surface area contributed by atoms with Gasteiger partial charge in [0.1, 0.15) is 11.5 Å². The van der Waals surface area contributed by atoms with Crippen LogP contribution in [0.4, 0.5) is 0 Å². The SMILES string of the molecule is COc1ccc([C@@H](c2c[nH]c3ccccc23)N(C)C(=O)COc2cccc(C)c2C)cc1. The van der Waals surface area contributed by atoms with Gasteiger partial charge in [0.15, 0.2) is 6.61 Å². The van der Waals surface area contributed by atoms with Crippen LogP contribution in [0, 0.1) is 13.8 Å². The van der Waals surface area contributed by atoms with Gasteiger partial charge in [-0.05, 0) is 54.8 Å². The standard InChI is InChI=1S/C27H28N2O3/c1-18-8-7-11-25(19(18)2)32-17-26(30)29(3)27(20-12-14-21(31-4)15-13-20)23-16-28-24-10-6-5-9-22(23)24/h5-16,27-28H,17H2,1-4H3/t27-/m0/s1. The Morgan fingerprint density at radius 1 is 1.00 bits per heavy atom. The largest absolute Gasteiger partial charge is 0.497 e. The Morgan fingerprint density at radius 2 is 1.75 bits per heavy atom. The molecular formula is C27H28N2O3. The molecule has 1 amide bonds. The van der Waals surface area contributed by atoms with Gasteiger partial charge >= 0.3 is 0 Å². The fourth-order valence-electron chi connectivity index (χ4n) is 3.98. The van der Waals surface area contributed by atoms with Crippen LogP contribution in [0.3, 0.4) is 0 Å². The molecule has 0 saturated heterocycles. The van der Waals surface area contributed by atoms with Gasteiger partial charge in [-0.2, -0.15) is 0 Å². The summed E-state index contributed by atoms with van der Waals surface area (Å²) in [5.74, 6) is 1.41. The summed E-state index contributed by atoms with van der Waals surface area (Å²) in [5, 5.41) is 1.09. The Bertz CT molecular complexity index is 1230. The van der Waals surface area contributed by atoms with Crippen LogP contribution in [0.2, 0.25) is 0 Å². The molecule has 1 atom stereocenters. The van der Waals surface area contributed by atoms with Crippen molar-refractivity contribution in [2.45, 2.75) is 19.9 Å². The zero-order chi connectivity index (χ0) is 22.7. The van der Waals surface area contributed by atoms with Gasteiger partial charge in [-0.25, -0.2) is 0 Å². The molecule has 0 saturated carbocycles. The smallest absolute Gasteiger partial charge is 0.261 e. The number of nitrogens with one attached hydrogen (secondary N) is 1. The number of hydrogen-bond acceptors (Lipinski definition) is 3. The van der Waals surface area contributed by atoms with E-state index in [4.69, 9.17) is 9.47 Å². The van der Waals surface area contributed by atoms with Crippen LogP contribution in [-0.2, 0) is 4.79 Å². The maximum atomic E-state index is 13.2. The first-order chi connectivity index (χ1) is 15.5. The molecule has 0 bridgehead atoms. The van der Waals surface area contributed by atoms with E-state index in [1.54, 1.807) is 12.0 Å². The van der Waals surface area contributed by atoms with Gasteiger partial charge in [-0.1, -0.05) is 42.5 Å². The molecular weight excluding hydrogens is 400 g/mol. The molecule has 4 rings (SSSR count). The average Bonchev–Trinajstić information content (AvgIpc) is 3.24. The van der Waals surface area contributed by atoms with Crippen molar-refractivity contribution in [2.24, 2.45) is 0 Å². The Kier molecular flexibility index (Phi) is 6.17. The van der Waals surface area contributed by atoms with Crippen LogP contribution >= 0.6 is 0 Å². The lowest BCUT2D eigenvalue weighted by Gasteiger charge is -2.29. The summed E-state index contributed by atoms with van der Waals surface area (Å²) in [5.41, 5.74) is 5.25. The molecule has 1 N–H and O–H groups in total. The summed E-state index contributed by atoms with van der Waals surface area (Å²) in [7, 11) is 3.47. The molecule has 164 valence electrons. The normalized spacial score (nSPS) is 11.9. The minimum Gasteiger partial charge on any atom is -0.497 e. The fraction of sp³-hybridized carbons (Fsp3) is 0.222. The highest BCUT2D eigenvalue weighted by molar-refractivity contribution is 5.86. The summed E-state index contributed by atoms with van der Waals surface area (Å²) in [6.07, 6.45) is 1.98. The first kappa shape index (κ1) is 21.5. The first-order valence-electron chi connectivity index (χ1n) is 10.6. The number of hydrogen-bond donors (Lipinski definition) is 1. The number of carbonyl (C=O) groups excluding carboxylic acids is 1. The van der Waals surface area contributed by atoms with Crippen molar-refractivity contribution in [2.75, 3.05) is 20.8 Å². The zero-order valence-corrected chi connectivity index (χ0v) is 18.9. The van der Waals surface area contributed by atoms with E-state index in [0.29, 0.717) is 0 Å². The predicted molar refractivity (Wildman–Crippen MR) is 127 cm³/mol. The van der Waals surface area contributed by atoms with Crippen molar-refractivity contribution < 1.29 is 14.3 Å². The third kappa shape index (κ3) is 4.19. The number of nitrogens with zero attached hydrogens (tertiary/aromatic N) is 1. The van der Waals surface area contributed by atoms with E-state index in [-0.39, 0.29) is 18.6 Å². The summed E-state index contributed by atoms with van der Waals surface area (Å²) in [6.45, 7) is 4.01. The third-order valence-corrected chi connectivity index (χ3v) is 6.03. The van der Waals surface area contributed by atoms with Crippen LogP contribution in [0.25, 0.3) is 10.9 Å². The quantitative estimate of drug-likeness (QED) is 0.428. The number of aryl methyl sites for hydroxylation is 1. The van der Waals surface area contributed by atoms with E-state index in [1.165, 1.54) is 0 Å². The van der Waals surface area contributed by atoms with Gasteiger partial charge in [-0.3, -0.25) is 4.79 Å². The minimum absolute atomic E-state index is 0.0319. The number of aromatic nitrogens is 1. The molecule has 3 aromatic carbocycles. The summed E-state index contributed by atoms with van der Waals surface area (Å²) < 4.78 is 11.2. The number of fused-ring (bicyclic) bond motifs is 1. The second-order valence-corrected chi connectivity index (χ2v) is 7.96. The molecule has 5 heteroatoms. The number of benzene rings is 3. The number of likely N-dealkylation sites (N-methyl/N-ethyl adjacent to an activating group) is 1. The number of aromatic amines is 1. The van der Waals surface area contributed by atoms with E-state index >= 15 is 0 Å². The minimum atomic E-state index is -0.272. The van der Waals surface area contributed by atoms with E-state index in [0.717, 1.165) is 44.7 Å². The molecule has 0 aliphatic carbocycles. The van der Waals surface area contributed by atoms with Gasteiger partial charge in [0.2, 0.25) is 0 Å². The third-order valence-electron chi connectivity index (χ3n) is 6.03. The maximum Gasteiger partial charge on any atom is 0.261 e. The Hall–Kier alpha value is -3.73. The monoisotopic (exact) mass is 428 g/mol. The molecule has 0 aliphatic heterocycles. The Labute approximate surface area is 188 Å². The molecule has 0 unspecified atom stereocenters. The molecule has 1 heterocycles. The topological polar surface area (TPSA) is 54.6 Å². The second-order valence-electron chi connectivity index (χ2n) is 7.96. The molecule has 0 spiro atoms. The molecule has 0 radical (unpaired) electrons. The number of rotatable bonds is 7. The summed E-state index contributed by atoms with van der Waals surface area (Å²) in [4.78, 5) is 18.3. The van der Waals surface area contributed by atoms with Crippen LogP contribution in [0.15, 0.2) is 72.9 Å². The van der Waals surface area contributed by atoms with Gasteiger partial charge in [0.05, 0.1) is 13.2 Å². The summed E-state index contributed by atoms with van der Waals surface area (Å²) >= 11 is 0. The number of methoxy groups -OCH3 is 1. The lowest BCUT2D eigenvalue weighted by atomic mass is 9.96. The van der Waals surface area contributed by atoms with Crippen molar-refractivity contribution in [3.05, 3.63) is 95.2 Å². The molecule has 1 aromatic heterocycles. The molecule has 5 nitrogen and oxygen atoms in total. The second kappa shape index (κ2) is 9.18. The highest BCUT2D eigenvalue weighted by Gasteiger charge is 2.26. The van der Waals surface area contributed by atoms with Crippen molar-refractivity contribution in [1.82, 2.24) is 9.88 Å². The van der Waals surface area contributed by atoms with Crippen LogP contribution in [0.5, 0.6) is 11.5 Å². The molecule has 4 aromatic rings. The highest BCUT2D eigenvalue weighted by Crippen LogP contribution is 2.34. The van der Waals surface area contributed by atoms with E-state index in [2.05, 4.69) is 11.1 Å². The molecule has 0 fully saturated rings. The lowest BCUT2D eigenvalue weighted by molar-refractivity contribution is -0.133. The summed E-state index contributed by atoms with van der Waals surface area (Å²) in [6, 6.07) is 21.6. The lowest BCUT2D eigenvalue weighted by Crippen LogP contribution is -2.35. The van der Waals surface area contributed by atoms with Crippen molar-refractivity contribution >= 4 is 16.8 Å². The Morgan fingerprint density at radius 3 is 2.50 bits per heavy atom. The maximum absolute atomic E-state index is 13.2. The predicted octanol–water partition coefficient (Wildman–Crippen LogP) is 5.42. The number of carbonyl (C=O) groups is 1. The highest BCUT2D eigenvalue weighted by atomic mass is 16.5. The average molecular weight is 429 g/mol. The van der Waals surface area contributed by atoms with Crippen LogP contribution < -0.4 is 9.47 Å². The molecule has 0 aliphatic rings. The van der Waals surface area contributed by atoms with Gasteiger partial charge in [0.25, 0.3) is 5.91 Å². The number of para-hydroxylation sites is 1. The van der Waals surface area contributed by atoms with Crippen molar-refractivity contribution in [3.8, 4) is 11.5 Å². The van der Waals surface area contributed by atoms with Crippen LogP contribution in [0.1, 0.15) is 28.3 Å². The van der Waals surface area contributed by atoms with Gasteiger partial charge < -0.3 is 19.4 Å². The zero-order valence-electron chi connectivity index (χ0n) is 18.9. The van der Waals surface area contributed by atoms with Crippen molar-refractivity contribution in [1.29, 1.82) is 0 Å². The molecule has 32 heavy (non-hydrogen) atoms.